The first kappa shape index (κ1) is 15.6. The summed E-state index contributed by atoms with van der Waals surface area (Å²) < 4.78 is 26.8. The van der Waals surface area contributed by atoms with E-state index in [4.69, 9.17) is 5.11 Å². The molecule has 0 aromatic heterocycles. The predicted molar refractivity (Wildman–Crippen MR) is 68.6 cm³/mol. The molecule has 0 saturated carbocycles. The van der Waals surface area contributed by atoms with Crippen molar-refractivity contribution >= 4 is 5.91 Å². The summed E-state index contributed by atoms with van der Waals surface area (Å²) in [5.41, 5.74) is -0.185. The average molecular weight is 271 g/mol. The summed E-state index contributed by atoms with van der Waals surface area (Å²) in [7, 11) is 1.61. The van der Waals surface area contributed by atoms with Gasteiger partial charge < -0.3 is 10.0 Å². The van der Waals surface area contributed by atoms with Crippen LogP contribution < -0.4 is 0 Å². The number of aliphatic hydroxyl groups is 1. The maximum absolute atomic E-state index is 13.4. The van der Waals surface area contributed by atoms with Gasteiger partial charge in [-0.2, -0.15) is 0 Å². The van der Waals surface area contributed by atoms with Gasteiger partial charge in [-0.05, 0) is 31.4 Å². The number of halogens is 2. The van der Waals surface area contributed by atoms with Gasteiger partial charge in [-0.1, -0.05) is 6.07 Å². The van der Waals surface area contributed by atoms with E-state index < -0.39 is 11.6 Å². The molecule has 5 heteroatoms. The summed E-state index contributed by atoms with van der Waals surface area (Å²) >= 11 is 0. The van der Waals surface area contributed by atoms with Gasteiger partial charge in [-0.25, -0.2) is 8.78 Å². The second-order valence-corrected chi connectivity index (χ2v) is 4.48. The van der Waals surface area contributed by atoms with E-state index in [9.17, 15) is 13.6 Å². The molecule has 0 heterocycles. The van der Waals surface area contributed by atoms with Crippen LogP contribution in [-0.2, 0) is 11.2 Å². The van der Waals surface area contributed by atoms with Gasteiger partial charge in [-0.15, -0.1) is 0 Å². The van der Waals surface area contributed by atoms with Crippen LogP contribution in [0.1, 0.15) is 24.8 Å². The van der Waals surface area contributed by atoms with Crippen molar-refractivity contribution in [3.8, 4) is 0 Å². The fourth-order valence-electron chi connectivity index (χ4n) is 1.75. The summed E-state index contributed by atoms with van der Waals surface area (Å²) in [4.78, 5) is 13.3. The van der Waals surface area contributed by atoms with E-state index in [2.05, 4.69) is 0 Å². The molecule has 1 rings (SSSR count). The SMILES string of the molecule is CN(CCCCCO)C(=O)Cc1c(F)cccc1F. The van der Waals surface area contributed by atoms with Gasteiger partial charge in [0, 0.05) is 25.8 Å². The van der Waals surface area contributed by atoms with Gasteiger partial charge in [0.2, 0.25) is 5.91 Å². The lowest BCUT2D eigenvalue weighted by Gasteiger charge is -2.17. The van der Waals surface area contributed by atoms with Crippen LogP contribution in [0.25, 0.3) is 0 Å². The van der Waals surface area contributed by atoms with Crippen LogP contribution in [0.15, 0.2) is 18.2 Å². The highest BCUT2D eigenvalue weighted by Crippen LogP contribution is 2.13. The molecule has 1 N–H and O–H groups in total. The third-order valence-electron chi connectivity index (χ3n) is 2.97. The normalized spacial score (nSPS) is 10.5. The van der Waals surface area contributed by atoms with Crippen molar-refractivity contribution in [2.45, 2.75) is 25.7 Å². The van der Waals surface area contributed by atoms with Gasteiger partial charge in [0.15, 0.2) is 0 Å². The molecular formula is C14H19F2NO2. The van der Waals surface area contributed by atoms with Crippen molar-refractivity contribution < 1.29 is 18.7 Å². The minimum absolute atomic E-state index is 0.137. The number of unbranched alkanes of at least 4 members (excludes halogenated alkanes) is 2. The second kappa shape index (κ2) is 7.84. The maximum atomic E-state index is 13.4. The summed E-state index contributed by atoms with van der Waals surface area (Å²) in [5.74, 6) is -1.70. The number of carbonyl (C=O) groups excluding carboxylic acids is 1. The molecule has 1 amide bonds. The minimum atomic E-state index is -0.693. The molecule has 0 radical (unpaired) electrons. The van der Waals surface area contributed by atoms with Crippen molar-refractivity contribution in [3.05, 3.63) is 35.4 Å². The topological polar surface area (TPSA) is 40.5 Å². The first-order valence-electron chi connectivity index (χ1n) is 6.34. The zero-order chi connectivity index (χ0) is 14.3. The molecule has 0 aliphatic heterocycles. The van der Waals surface area contributed by atoms with Crippen molar-refractivity contribution in [2.24, 2.45) is 0 Å². The lowest BCUT2D eigenvalue weighted by atomic mass is 10.1. The molecule has 0 spiro atoms. The smallest absolute Gasteiger partial charge is 0.226 e. The number of hydrogen-bond donors (Lipinski definition) is 1. The number of carbonyl (C=O) groups is 1. The fraction of sp³-hybridized carbons (Fsp3) is 0.500. The van der Waals surface area contributed by atoms with E-state index in [-0.39, 0.29) is 24.5 Å². The lowest BCUT2D eigenvalue weighted by Crippen LogP contribution is -2.29. The quantitative estimate of drug-likeness (QED) is 0.772. The highest BCUT2D eigenvalue weighted by molar-refractivity contribution is 5.78. The first-order chi connectivity index (χ1) is 9.06. The highest BCUT2D eigenvalue weighted by Gasteiger charge is 2.15. The molecule has 0 unspecified atom stereocenters. The molecule has 1 aromatic carbocycles. The lowest BCUT2D eigenvalue weighted by molar-refractivity contribution is -0.129. The van der Waals surface area contributed by atoms with Gasteiger partial charge >= 0.3 is 0 Å². The van der Waals surface area contributed by atoms with Crippen LogP contribution in [0.4, 0.5) is 8.78 Å². The molecule has 0 saturated heterocycles. The number of amides is 1. The van der Waals surface area contributed by atoms with E-state index in [0.29, 0.717) is 13.0 Å². The molecule has 0 bridgehead atoms. The Kier molecular flexibility index (Phi) is 6.42. The van der Waals surface area contributed by atoms with Crippen LogP contribution >= 0.6 is 0 Å². The average Bonchev–Trinajstić information content (AvgIpc) is 2.38. The van der Waals surface area contributed by atoms with Gasteiger partial charge in [0.1, 0.15) is 11.6 Å². The molecule has 0 aliphatic rings. The standard InChI is InChI=1S/C14H19F2NO2/c1-17(8-3-2-4-9-18)14(19)10-11-12(15)6-5-7-13(11)16/h5-7,18H,2-4,8-10H2,1H3. The molecule has 0 atom stereocenters. The number of likely N-dealkylation sites (N-methyl/N-ethyl adjacent to an activating group) is 1. The Morgan fingerprint density at radius 3 is 2.42 bits per heavy atom. The third kappa shape index (κ3) is 4.95. The van der Waals surface area contributed by atoms with Crippen molar-refractivity contribution in [1.82, 2.24) is 4.90 Å². The largest absolute Gasteiger partial charge is 0.396 e. The molecule has 106 valence electrons. The summed E-state index contributed by atoms with van der Waals surface area (Å²) in [6.45, 7) is 0.660. The zero-order valence-electron chi connectivity index (χ0n) is 11.0. The van der Waals surface area contributed by atoms with Crippen LogP contribution in [0.3, 0.4) is 0 Å². The number of rotatable bonds is 7. The van der Waals surface area contributed by atoms with E-state index >= 15 is 0 Å². The summed E-state index contributed by atoms with van der Waals surface area (Å²) in [6.07, 6.45) is 2.02. The van der Waals surface area contributed by atoms with Crippen molar-refractivity contribution in [1.29, 1.82) is 0 Å². The maximum Gasteiger partial charge on any atom is 0.226 e. The Labute approximate surface area is 111 Å². The zero-order valence-corrected chi connectivity index (χ0v) is 11.0. The first-order valence-corrected chi connectivity index (χ1v) is 6.34. The summed E-state index contributed by atoms with van der Waals surface area (Å²) in [5, 5.41) is 8.63. The van der Waals surface area contributed by atoms with Crippen LogP contribution in [0, 0.1) is 11.6 Å². The molecule has 0 aliphatic carbocycles. The van der Waals surface area contributed by atoms with E-state index in [1.54, 1.807) is 7.05 Å². The molecule has 19 heavy (non-hydrogen) atoms. The molecule has 1 aromatic rings. The predicted octanol–water partition coefficient (Wildman–Crippen LogP) is 2.13. The van der Waals surface area contributed by atoms with Gasteiger partial charge in [0.25, 0.3) is 0 Å². The fourth-order valence-corrected chi connectivity index (χ4v) is 1.75. The highest BCUT2D eigenvalue weighted by atomic mass is 19.1. The van der Waals surface area contributed by atoms with E-state index in [1.165, 1.54) is 11.0 Å². The van der Waals surface area contributed by atoms with E-state index in [1.807, 2.05) is 0 Å². The van der Waals surface area contributed by atoms with Crippen LogP contribution in [-0.4, -0.2) is 36.1 Å². The number of hydrogen-bond acceptors (Lipinski definition) is 2. The number of nitrogens with zero attached hydrogens (tertiary/aromatic N) is 1. The van der Waals surface area contributed by atoms with Gasteiger partial charge in [0.05, 0.1) is 6.42 Å². The Hall–Kier alpha value is -1.49. The Bertz CT molecular complexity index is 404. The second-order valence-electron chi connectivity index (χ2n) is 4.48. The number of aliphatic hydroxyl groups excluding tert-OH is 1. The minimum Gasteiger partial charge on any atom is -0.396 e. The molecule has 0 fully saturated rings. The van der Waals surface area contributed by atoms with E-state index in [0.717, 1.165) is 25.0 Å². The van der Waals surface area contributed by atoms with Crippen LogP contribution in [0.2, 0.25) is 0 Å². The third-order valence-corrected chi connectivity index (χ3v) is 2.97. The monoisotopic (exact) mass is 271 g/mol. The van der Waals surface area contributed by atoms with Crippen molar-refractivity contribution in [2.75, 3.05) is 20.2 Å². The molecular weight excluding hydrogens is 252 g/mol. The van der Waals surface area contributed by atoms with Gasteiger partial charge in [-0.3, -0.25) is 4.79 Å². The number of benzene rings is 1. The summed E-state index contributed by atoms with van der Waals surface area (Å²) in [6, 6.07) is 3.57. The Morgan fingerprint density at radius 2 is 1.84 bits per heavy atom. The van der Waals surface area contributed by atoms with Crippen LogP contribution in [0.5, 0.6) is 0 Å². The Balaban J connectivity index is 2.50. The molecule has 3 nitrogen and oxygen atoms in total. The van der Waals surface area contributed by atoms with Crippen molar-refractivity contribution in [3.63, 3.8) is 0 Å². The Morgan fingerprint density at radius 1 is 1.21 bits per heavy atom.